The number of fused-ring (bicyclic) bond motifs is 1. The van der Waals surface area contributed by atoms with Crippen molar-refractivity contribution in [3.05, 3.63) is 75.6 Å². The van der Waals surface area contributed by atoms with Crippen LogP contribution >= 0.6 is 0 Å². The smallest absolute Gasteiger partial charge is 0.330 e. The van der Waals surface area contributed by atoms with E-state index in [4.69, 9.17) is 4.74 Å². The second-order valence-corrected chi connectivity index (χ2v) is 8.53. The maximum atomic E-state index is 13.5. The van der Waals surface area contributed by atoms with Crippen molar-refractivity contribution < 1.29 is 18.3 Å². The third-order valence-electron chi connectivity index (χ3n) is 5.69. The van der Waals surface area contributed by atoms with Crippen molar-refractivity contribution in [2.45, 2.75) is 45.6 Å². The Morgan fingerprint density at radius 1 is 1.17 bits per heavy atom. The third kappa shape index (κ3) is 4.82. The molecule has 0 aliphatic heterocycles. The van der Waals surface area contributed by atoms with Crippen LogP contribution in [0, 0.1) is 11.6 Å². The van der Waals surface area contributed by atoms with Gasteiger partial charge in [0.1, 0.15) is 22.8 Å². The molecule has 0 radical (unpaired) electrons. The van der Waals surface area contributed by atoms with E-state index in [1.54, 1.807) is 18.3 Å². The predicted molar refractivity (Wildman–Crippen MR) is 126 cm³/mol. The Morgan fingerprint density at radius 3 is 2.46 bits per heavy atom. The summed E-state index contributed by atoms with van der Waals surface area (Å²) in [5.74, 6) is -1.53. The summed E-state index contributed by atoms with van der Waals surface area (Å²) >= 11 is 0. The predicted octanol–water partition coefficient (Wildman–Crippen LogP) is 4.30. The van der Waals surface area contributed by atoms with Gasteiger partial charge in [0.25, 0.3) is 5.56 Å². The normalized spacial score (nSPS) is 12.3. The standard InChI is InChI=1S/C25H25F2N5O3/c1-5-19(25(34)35-4)32-23-21(22(31-32)13(2)3)24(33)30-20(29-23)8-14-6-7-18(28-12-14)15-9-16(26)11-17(27)10-15/h6-7,9-13,19H,5,8H2,1-4H3,(H,29,30,33). The molecule has 1 N–H and O–H groups in total. The summed E-state index contributed by atoms with van der Waals surface area (Å²) in [6.07, 6.45) is 2.21. The fraction of sp³-hybridized carbons (Fsp3) is 0.320. The van der Waals surface area contributed by atoms with E-state index in [-0.39, 0.29) is 17.9 Å². The first-order chi connectivity index (χ1) is 16.7. The summed E-state index contributed by atoms with van der Waals surface area (Å²) in [5.41, 5.74) is 1.97. The molecule has 4 rings (SSSR count). The van der Waals surface area contributed by atoms with Gasteiger partial charge in [-0.25, -0.2) is 23.2 Å². The lowest BCUT2D eigenvalue weighted by molar-refractivity contribution is -0.144. The second-order valence-electron chi connectivity index (χ2n) is 8.53. The van der Waals surface area contributed by atoms with Crippen molar-refractivity contribution in [1.82, 2.24) is 24.7 Å². The molecule has 1 atom stereocenters. The molecule has 0 saturated carbocycles. The number of aromatic amines is 1. The number of nitrogens with one attached hydrogen (secondary N) is 1. The second kappa shape index (κ2) is 9.73. The molecule has 0 aliphatic rings. The Kier molecular flexibility index (Phi) is 6.72. The van der Waals surface area contributed by atoms with Crippen LogP contribution < -0.4 is 5.56 Å². The summed E-state index contributed by atoms with van der Waals surface area (Å²) in [6.45, 7) is 5.66. The molecular formula is C25H25F2N5O3. The molecule has 0 saturated heterocycles. The molecular weight excluding hydrogens is 456 g/mol. The lowest BCUT2D eigenvalue weighted by Crippen LogP contribution is -2.22. The van der Waals surface area contributed by atoms with Crippen molar-refractivity contribution in [3.63, 3.8) is 0 Å². The summed E-state index contributed by atoms with van der Waals surface area (Å²) in [7, 11) is 1.31. The first-order valence-electron chi connectivity index (χ1n) is 11.2. The van der Waals surface area contributed by atoms with Gasteiger partial charge in [0.15, 0.2) is 11.7 Å². The van der Waals surface area contributed by atoms with Crippen molar-refractivity contribution >= 4 is 17.0 Å². The average Bonchev–Trinajstić information content (AvgIpc) is 3.19. The lowest BCUT2D eigenvalue weighted by atomic mass is 10.1. The highest BCUT2D eigenvalue weighted by Gasteiger charge is 2.27. The maximum Gasteiger partial charge on any atom is 0.330 e. The van der Waals surface area contributed by atoms with Crippen LogP contribution in [0.4, 0.5) is 8.78 Å². The van der Waals surface area contributed by atoms with Gasteiger partial charge in [-0.05, 0) is 36.1 Å². The number of hydrogen-bond donors (Lipinski definition) is 1. The van der Waals surface area contributed by atoms with E-state index in [0.717, 1.165) is 11.6 Å². The Hall–Kier alpha value is -3.95. The van der Waals surface area contributed by atoms with Crippen LogP contribution in [0.3, 0.4) is 0 Å². The Labute approximate surface area is 200 Å². The van der Waals surface area contributed by atoms with Gasteiger partial charge in [-0.3, -0.25) is 9.78 Å². The molecule has 8 nitrogen and oxygen atoms in total. The van der Waals surface area contributed by atoms with E-state index in [9.17, 15) is 18.4 Å². The Balaban J connectivity index is 1.73. The summed E-state index contributed by atoms with van der Waals surface area (Å²) in [6, 6.07) is 5.88. The number of halogens is 2. The highest BCUT2D eigenvalue weighted by molar-refractivity contribution is 5.81. The molecule has 35 heavy (non-hydrogen) atoms. The number of hydrogen-bond acceptors (Lipinski definition) is 6. The number of H-pyrrole nitrogens is 1. The number of ether oxygens (including phenoxy) is 1. The zero-order valence-corrected chi connectivity index (χ0v) is 19.8. The molecule has 0 spiro atoms. The van der Waals surface area contributed by atoms with Gasteiger partial charge >= 0.3 is 5.97 Å². The van der Waals surface area contributed by atoms with Gasteiger partial charge in [-0.15, -0.1) is 0 Å². The first-order valence-corrected chi connectivity index (χ1v) is 11.2. The number of pyridine rings is 1. The van der Waals surface area contributed by atoms with E-state index < -0.39 is 23.6 Å². The van der Waals surface area contributed by atoms with Gasteiger partial charge in [0, 0.05) is 24.2 Å². The van der Waals surface area contributed by atoms with E-state index in [0.29, 0.717) is 40.2 Å². The van der Waals surface area contributed by atoms with Gasteiger partial charge in [0.2, 0.25) is 0 Å². The van der Waals surface area contributed by atoms with Crippen LogP contribution in [0.15, 0.2) is 41.3 Å². The zero-order valence-electron chi connectivity index (χ0n) is 19.8. The largest absolute Gasteiger partial charge is 0.467 e. The molecule has 3 aromatic heterocycles. The van der Waals surface area contributed by atoms with Crippen molar-refractivity contribution in [2.24, 2.45) is 0 Å². The van der Waals surface area contributed by atoms with Gasteiger partial charge in [0.05, 0.1) is 18.5 Å². The number of carbonyl (C=O) groups excluding carboxylic acids is 1. The summed E-state index contributed by atoms with van der Waals surface area (Å²) < 4.78 is 33.5. The van der Waals surface area contributed by atoms with Crippen LogP contribution in [0.1, 0.15) is 56.2 Å². The molecule has 0 aliphatic carbocycles. The van der Waals surface area contributed by atoms with Gasteiger partial charge in [-0.2, -0.15) is 5.10 Å². The van der Waals surface area contributed by atoms with E-state index in [1.165, 1.54) is 23.9 Å². The fourth-order valence-corrected chi connectivity index (χ4v) is 3.99. The van der Waals surface area contributed by atoms with Gasteiger partial charge in [-0.1, -0.05) is 26.8 Å². The van der Waals surface area contributed by atoms with Crippen LogP contribution in [0.2, 0.25) is 0 Å². The maximum absolute atomic E-state index is 13.5. The zero-order chi connectivity index (χ0) is 25.3. The molecule has 1 aromatic carbocycles. The first kappa shape index (κ1) is 24.2. The number of methoxy groups -OCH3 is 1. The Bertz CT molecular complexity index is 1420. The third-order valence-corrected chi connectivity index (χ3v) is 5.69. The SMILES string of the molecule is CCC(C(=O)OC)n1nc(C(C)C)c2c(=O)[nH]c(Cc3ccc(-c4cc(F)cc(F)c4)nc3)nc21. The minimum atomic E-state index is -0.718. The summed E-state index contributed by atoms with van der Waals surface area (Å²) in [4.78, 5) is 37.1. The fourth-order valence-electron chi connectivity index (χ4n) is 3.99. The van der Waals surface area contributed by atoms with E-state index in [1.807, 2.05) is 20.8 Å². The molecule has 0 bridgehead atoms. The lowest BCUT2D eigenvalue weighted by Gasteiger charge is -2.14. The average molecular weight is 482 g/mol. The number of carbonyl (C=O) groups is 1. The van der Waals surface area contributed by atoms with Crippen molar-refractivity contribution in [2.75, 3.05) is 7.11 Å². The quantitative estimate of drug-likeness (QED) is 0.395. The minimum Gasteiger partial charge on any atom is -0.467 e. The minimum absolute atomic E-state index is 0.0629. The molecule has 182 valence electrons. The molecule has 10 heteroatoms. The number of esters is 1. The topological polar surface area (TPSA) is 103 Å². The van der Waals surface area contributed by atoms with E-state index in [2.05, 4.69) is 20.1 Å². The molecule has 0 amide bonds. The molecule has 1 unspecified atom stereocenters. The monoisotopic (exact) mass is 481 g/mol. The Morgan fingerprint density at radius 2 is 1.89 bits per heavy atom. The molecule has 0 fully saturated rings. The summed E-state index contributed by atoms with van der Waals surface area (Å²) in [5, 5.41) is 4.90. The van der Waals surface area contributed by atoms with Crippen molar-refractivity contribution in [1.29, 1.82) is 0 Å². The number of benzene rings is 1. The van der Waals surface area contributed by atoms with E-state index >= 15 is 0 Å². The molecule has 3 heterocycles. The van der Waals surface area contributed by atoms with Crippen molar-refractivity contribution in [3.8, 4) is 11.3 Å². The number of nitrogens with zero attached hydrogens (tertiary/aromatic N) is 4. The van der Waals surface area contributed by atoms with Gasteiger partial charge < -0.3 is 9.72 Å². The van der Waals surface area contributed by atoms with Crippen LogP contribution in [0.25, 0.3) is 22.3 Å². The van der Waals surface area contributed by atoms with Crippen LogP contribution in [-0.2, 0) is 16.0 Å². The highest BCUT2D eigenvalue weighted by Crippen LogP contribution is 2.26. The molecule has 4 aromatic rings. The van der Waals surface area contributed by atoms with Crippen LogP contribution in [-0.4, -0.2) is 37.8 Å². The number of aromatic nitrogens is 5. The van der Waals surface area contributed by atoms with Crippen LogP contribution in [0.5, 0.6) is 0 Å². The highest BCUT2D eigenvalue weighted by atomic mass is 19.1. The number of rotatable bonds is 7.